The first-order valence-corrected chi connectivity index (χ1v) is 6.57. The van der Waals surface area contributed by atoms with Crippen molar-refractivity contribution in [3.05, 3.63) is 24.3 Å². The molecule has 3 nitrogen and oxygen atoms in total. The van der Waals surface area contributed by atoms with Crippen LogP contribution in [0, 0.1) is 5.92 Å². The van der Waals surface area contributed by atoms with Gasteiger partial charge < -0.3 is 9.47 Å². The highest BCUT2D eigenvalue weighted by atomic mass is 16.5. The second-order valence-corrected chi connectivity index (χ2v) is 5.20. The lowest BCUT2D eigenvalue weighted by Crippen LogP contribution is -2.26. The molecule has 0 radical (unpaired) electrons. The molecule has 18 heavy (non-hydrogen) atoms. The molecule has 1 saturated heterocycles. The minimum absolute atomic E-state index is 0.0771. The average Bonchev–Trinajstić information content (AvgIpc) is 2.42. The van der Waals surface area contributed by atoms with Gasteiger partial charge in [0.25, 0.3) is 0 Å². The molecule has 0 aromatic rings. The molecule has 0 aliphatic carbocycles. The first-order valence-electron chi connectivity index (χ1n) is 6.57. The lowest BCUT2D eigenvalue weighted by atomic mass is 9.97. The molecule has 0 unspecified atom stereocenters. The van der Waals surface area contributed by atoms with Gasteiger partial charge in [-0.15, -0.1) is 0 Å². The van der Waals surface area contributed by atoms with Crippen molar-refractivity contribution in [2.24, 2.45) is 5.92 Å². The molecule has 2 atom stereocenters. The molecule has 1 aliphatic rings. The SMILES string of the molecule is C=C1CC[C@@H](C(C)C)O[C@@H](CCOC(C)=O)C1=C. The lowest BCUT2D eigenvalue weighted by Gasteiger charge is -2.25. The minimum Gasteiger partial charge on any atom is -0.466 e. The van der Waals surface area contributed by atoms with E-state index in [1.165, 1.54) is 6.92 Å². The maximum absolute atomic E-state index is 10.8. The summed E-state index contributed by atoms with van der Waals surface area (Å²) in [6.45, 7) is 14.2. The molecule has 3 heteroatoms. The van der Waals surface area contributed by atoms with E-state index in [9.17, 15) is 4.79 Å². The molecule has 102 valence electrons. The third-order valence-corrected chi connectivity index (χ3v) is 3.34. The van der Waals surface area contributed by atoms with E-state index in [1.54, 1.807) is 0 Å². The van der Waals surface area contributed by atoms with Crippen LogP contribution in [0.1, 0.15) is 40.0 Å². The Hall–Kier alpha value is -1.09. The van der Waals surface area contributed by atoms with E-state index in [2.05, 4.69) is 27.0 Å². The summed E-state index contributed by atoms with van der Waals surface area (Å²) in [4.78, 5) is 10.8. The number of rotatable bonds is 4. The van der Waals surface area contributed by atoms with Gasteiger partial charge in [0.15, 0.2) is 0 Å². The quantitative estimate of drug-likeness (QED) is 0.720. The molecular formula is C15H24O3. The Morgan fingerprint density at radius 2 is 2.17 bits per heavy atom. The van der Waals surface area contributed by atoms with Crippen LogP contribution >= 0.6 is 0 Å². The average molecular weight is 252 g/mol. The van der Waals surface area contributed by atoms with Gasteiger partial charge in [-0.3, -0.25) is 4.79 Å². The summed E-state index contributed by atoms with van der Waals surface area (Å²) in [7, 11) is 0. The van der Waals surface area contributed by atoms with Gasteiger partial charge in [-0.2, -0.15) is 0 Å². The molecule has 1 heterocycles. The predicted octanol–water partition coefficient (Wildman–Crippen LogP) is 3.26. The van der Waals surface area contributed by atoms with Crippen molar-refractivity contribution in [3.63, 3.8) is 0 Å². The number of ether oxygens (including phenoxy) is 2. The zero-order valence-corrected chi connectivity index (χ0v) is 11.7. The van der Waals surface area contributed by atoms with Crippen LogP contribution in [-0.2, 0) is 14.3 Å². The second-order valence-electron chi connectivity index (χ2n) is 5.20. The Bertz CT molecular complexity index is 331. The lowest BCUT2D eigenvalue weighted by molar-refractivity contribution is -0.142. The van der Waals surface area contributed by atoms with Crippen LogP contribution in [-0.4, -0.2) is 24.8 Å². The first-order chi connectivity index (χ1) is 8.41. The third kappa shape index (κ3) is 4.30. The van der Waals surface area contributed by atoms with Gasteiger partial charge in [0.05, 0.1) is 18.8 Å². The molecule has 0 N–H and O–H groups in total. The van der Waals surface area contributed by atoms with Gasteiger partial charge in [0.1, 0.15) is 0 Å². The van der Waals surface area contributed by atoms with Crippen molar-refractivity contribution in [1.82, 2.24) is 0 Å². The van der Waals surface area contributed by atoms with Crippen LogP contribution in [0.5, 0.6) is 0 Å². The fourth-order valence-electron chi connectivity index (χ4n) is 2.11. The Balaban J connectivity index is 2.62. The van der Waals surface area contributed by atoms with Gasteiger partial charge in [0.2, 0.25) is 0 Å². The first kappa shape index (κ1) is 15.0. The monoisotopic (exact) mass is 252 g/mol. The van der Waals surface area contributed by atoms with Gasteiger partial charge in [-0.05, 0) is 29.9 Å². The largest absolute Gasteiger partial charge is 0.466 e. The second kappa shape index (κ2) is 6.74. The Kier molecular flexibility index (Phi) is 5.60. The highest BCUT2D eigenvalue weighted by Crippen LogP contribution is 2.30. The topological polar surface area (TPSA) is 35.5 Å². The molecular weight excluding hydrogens is 228 g/mol. The van der Waals surface area contributed by atoms with Crippen LogP contribution in [0.2, 0.25) is 0 Å². The van der Waals surface area contributed by atoms with E-state index in [1.807, 2.05) is 0 Å². The third-order valence-electron chi connectivity index (χ3n) is 3.34. The molecule has 0 saturated carbocycles. The smallest absolute Gasteiger partial charge is 0.302 e. The Morgan fingerprint density at radius 3 is 2.72 bits per heavy atom. The van der Waals surface area contributed by atoms with Crippen molar-refractivity contribution in [2.75, 3.05) is 6.61 Å². The number of carbonyl (C=O) groups excluding carboxylic acids is 1. The Labute approximate surface area is 110 Å². The zero-order valence-electron chi connectivity index (χ0n) is 11.7. The van der Waals surface area contributed by atoms with E-state index < -0.39 is 0 Å². The maximum atomic E-state index is 10.8. The number of carbonyl (C=O) groups is 1. The van der Waals surface area contributed by atoms with Gasteiger partial charge in [-0.25, -0.2) is 0 Å². The molecule has 0 amide bonds. The van der Waals surface area contributed by atoms with Crippen LogP contribution in [0.25, 0.3) is 0 Å². The fraction of sp³-hybridized carbons (Fsp3) is 0.667. The predicted molar refractivity (Wildman–Crippen MR) is 72.3 cm³/mol. The summed E-state index contributed by atoms with van der Waals surface area (Å²) in [5, 5.41) is 0. The summed E-state index contributed by atoms with van der Waals surface area (Å²) in [5.74, 6) is 0.216. The summed E-state index contributed by atoms with van der Waals surface area (Å²) < 4.78 is 11.1. The van der Waals surface area contributed by atoms with E-state index in [0.717, 1.165) is 24.0 Å². The molecule has 1 rings (SSSR count). The highest BCUT2D eigenvalue weighted by molar-refractivity contribution is 5.65. The van der Waals surface area contributed by atoms with Gasteiger partial charge in [-0.1, -0.05) is 27.0 Å². The van der Waals surface area contributed by atoms with Crippen molar-refractivity contribution in [1.29, 1.82) is 0 Å². The van der Waals surface area contributed by atoms with Crippen molar-refractivity contribution >= 4 is 5.97 Å². The van der Waals surface area contributed by atoms with Crippen molar-refractivity contribution in [2.45, 2.75) is 52.2 Å². The van der Waals surface area contributed by atoms with Crippen LogP contribution in [0.15, 0.2) is 24.3 Å². The van der Waals surface area contributed by atoms with E-state index in [0.29, 0.717) is 18.9 Å². The minimum atomic E-state index is -0.256. The molecule has 1 fully saturated rings. The number of hydrogen-bond donors (Lipinski definition) is 0. The number of hydrogen-bond acceptors (Lipinski definition) is 3. The van der Waals surface area contributed by atoms with Crippen LogP contribution < -0.4 is 0 Å². The fourth-order valence-corrected chi connectivity index (χ4v) is 2.11. The highest BCUT2D eigenvalue weighted by Gasteiger charge is 2.26. The summed E-state index contributed by atoms with van der Waals surface area (Å²) in [6, 6.07) is 0. The van der Waals surface area contributed by atoms with E-state index in [4.69, 9.17) is 9.47 Å². The van der Waals surface area contributed by atoms with Gasteiger partial charge in [0, 0.05) is 13.3 Å². The summed E-state index contributed by atoms with van der Waals surface area (Å²) in [5.41, 5.74) is 2.01. The number of esters is 1. The summed E-state index contributed by atoms with van der Waals surface area (Å²) >= 11 is 0. The molecule has 0 aromatic heterocycles. The normalized spacial score (nSPS) is 25.1. The standard InChI is InChI=1S/C15H24O3/c1-10(2)14-7-6-11(3)12(4)15(18-14)8-9-17-13(5)16/h10,14-15H,3-4,6-9H2,1-2,5H3/t14-,15-/m0/s1. The molecule has 0 bridgehead atoms. The maximum Gasteiger partial charge on any atom is 0.302 e. The van der Waals surface area contributed by atoms with Crippen LogP contribution in [0.4, 0.5) is 0 Å². The van der Waals surface area contributed by atoms with E-state index in [-0.39, 0.29) is 18.2 Å². The molecule has 0 spiro atoms. The molecule has 1 aliphatic heterocycles. The Morgan fingerprint density at radius 1 is 1.50 bits per heavy atom. The van der Waals surface area contributed by atoms with Gasteiger partial charge >= 0.3 is 5.97 Å². The summed E-state index contributed by atoms with van der Waals surface area (Å²) in [6.07, 6.45) is 2.72. The van der Waals surface area contributed by atoms with Crippen molar-refractivity contribution in [3.8, 4) is 0 Å². The van der Waals surface area contributed by atoms with E-state index >= 15 is 0 Å². The zero-order chi connectivity index (χ0) is 13.7. The van der Waals surface area contributed by atoms with Crippen molar-refractivity contribution < 1.29 is 14.3 Å². The molecule has 0 aromatic carbocycles. The van der Waals surface area contributed by atoms with Crippen LogP contribution in [0.3, 0.4) is 0 Å².